The molecule has 2 rings (SSSR count). The first-order chi connectivity index (χ1) is 8.77. The van der Waals surface area contributed by atoms with E-state index >= 15 is 0 Å². The van der Waals surface area contributed by atoms with Crippen LogP contribution in [0.3, 0.4) is 0 Å². The number of nitrogens with one attached hydrogen (secondary N) is 1. The summed E-state index contributed by atoms with van der Waals surface area (Å²) in [5.41, 5.74) is 1.31. The summed E-state index contributed by atoms with van der Waals surface area (Å²) in [7, 11) is 2.17. The zero-order valence-electron chi connectivity index (χ0n) is 11.4. The van der Waals surface area contributed by atoms with E-state index in [4.69, 9.17) is 0 Å². The van der Waals surface area contributed by atoms with Crippen molar-refractivity contribution in [1.82, 2.24) is 5.32 Å². The van der Waals surface area contributed by atoms with Gasteiger partial charge in [-0.3, -0.25) is 0 Å². The summed E-state index contributed by atoms with van der Waals surface area (Å²) in [6.07, 6.45) is 2.54. The Balaban J connectivity index is 1.63. The fraction of sp³-hybridized carbons (Fsp3) is 0.600. The van der Waals surface area contributed by atoms with Gasteiger partial charge in [-0.25, -0.2) is 0 Å². The van der Waals surface area contributed by atoms with Gasteiger partial charge in [0.15, 0.2) is 0 Å². The summed E-state index contributed by atoms with van der Waals surface area (Å²) >= 11 is 2.09. The van der Waals surface area contributed by atoms with Gasteiger partial charge in [0.25, 0.3) is 0 Å². The lowest BCUT2D eigenvalue weighted by Crippen LogP contribution is -2.35. The van der Waals surface area contributed by atoms with Crippen LogP contribution < -0.4 is 10.2 Å². The standard InChI is InChI=1S/C15H24N2S/c1-13-15(9-12-18-13)16-10-6-11-17(2)14-7-4-3-5-8-14/h3-5,7-8,13,15-16H,6,9-12H2,1-2H3. The topological polar surface area (TPSA) is 15.3 Å². The van der Waals surface area contributed by atoms with Gasteiger partial charge in [0.2, 0.25) is 0 Å². The van der Waals surface area contributed by atoms with Gasteiger partial charge in [-0.1, -0.05) is 25.1 Å². The summed E-state index contributed by atoms with van der Waals surface area (Å²) in [5.74, 6) is 1.32. The zero-order valence-corrected chi connectivity index (χ0v) is 12.2. The van der Waals surface area contributed by atoms with Gasteiger partial charge in [0.1, 0.15) is 0 Å². The van der Waals surface area contributed by atoms with Gasteiger partial charge >= 0.3 is 0 Å². The Bertz CT molecular complexity index is 342. The normalized spacial score (nSPS) is 23.2. The van der Waals surface area contributed by atoms with E-state index in [0.717, 1.165) is 24.4 Å². The van der Waals surface area contributed by atoms with Crippen LogP contribution in [0.1, 0.15) is 19.8 Å². The van der Waals surface area contributed by atoms with Crippen LogP contribution in [0, 0.1) is 0 Å². The number of nitrogens with zero attached hydrogens (tertiary/aromatic N) is 1. The number of hydrogen-bond acceptors (Lipinski definition) is 3. The largest absolute Gasteiger partial charge is 0.375 e. The van der Waals surface area contributed by atoms with Crippen LogP contribution in [0.25, 0.3) is 0 Å². The van der Waals surface area contributed by atoms with Crippen LogP contribution in [0.4, 0.5) is 5.69 Å². The first kappa shape index (κ1) is 13.8. The molecule has 1 aromatic rings. The Morgan fingerprint density at radius 1 is 1.33 bits per heavy atom. The van der Waals surface area contributed by atoms with E-state index in [1.807, 2.05) is 0 Å². The first-order valence-corrected chi connectivity index (χ1v) is 7.93. The minimum Gasteiger partial charge on any atom is -0.375 e. The summed E-state index contributed by atoms with van der Waals surface area (Å²) in [4.78, 5) is 2.33. The third-order valence-corrected chi connectivity index (χ3v) is 4.98. The minimum atomic E-state index is 0.733. The Morgan fingerprint density at radius 3 is 2.78 bits per heavy atom. The van der Waals surface area contributed by atoms with Crippen molar-refractivity contribution in [2.75, 3.05) is 30.8 Å². The molecule has 100 valence electrons. The van der Waals surface area contributed by atoms with E-state index < -0.39 is 0 Å². The highest BCUT2D eigenvalue weighted by Crippen LogP contribution is 2.25. The molecule has 3 heteroatoms. The monoisotopic (exact) mass is 264 g/mol. The molecule has 18 heavy (non-hydrogen) atoms. The first-order valence-electron chi connectivity index (χ1n) is 6.88. The van der Waals surface area contributed by atoms with E-state index in [9.17, 15) is 0 Å². The van der Waals surface area contributed by atoms with Gasteiger partial charge in [-0.2, -0.15) is 11.8 Å². The maximum absolute atomic E-state index is 3.69. The number of thioether (sulfide) groups is 1. The molecule has 2 atom stereocenters. The second kappa shape index (κ2) is 7.05. The summed E-state index contributed by atoms with van der Waals surface area (Å²) in [6.45, 7) is 4.59. The number of anilines is 1. The number of rotatable bonds is 6. The molecule has 0 aromatic heterocycles. The van der Waals surface area contributed by atoms with Crippen molar-refractivity contribution in [3.05, 3.63) is 30.3 Å². The Labute approximate surface area is 115 Å². The lowest BCUT2D eigenvalue weighted by atomic mass is 10.1. The highest BCUT2D eigenvalue weighted by atomic mass is 32.2. The average molecular weight is 264 g/mol. The fourth-order valence-electron chi connectivity index (χ4n) is 2.42. The maximum Gasteiger partial charge on any atom is 0.0363 e. The zero-order chi connectivity index (χ0) is 12.8. The number of hydrogen-bond donors (Lipinski definition) is 1. The molecule has 1 N–H and O–H groups in total. The average Bonchev–Trinajstić information content (AvgIpc) is 2.81. The SMILES string of the molecule is CC1SCCC1NCCCN(C)c1ccccc1. The molecule has 1 saturated heterocycles. The fourth-order valence-corrected chi connectivity index (χ4v) is 3.64. The maximum atomic E-state index is 3.69. The van der Waals surface area contributed by atoms with Gasteiger partial charge in [0.05, 0.1) is 0 Å². The highest BCUT2D eigenvalue weighted by molar-refractivity contribution is 8.00. The quantitative estimate of drug-likeness (QED) is 0.795. The van der Waals surface area contributed by atoms with Crippen molar-refractivity contribution in [1.29, 1.82) is 0 Å². The van der Waals surface area contributed by atoms with E-state index in [1.165, 1.54) is 24.3 Å². The van der Waals surface area contributed by atoms with E-state index in [1.54, 1.807) is 0 Å². The number of benzene rings is 1. The van der Waals surface area contributed by atoms with Gasteiger partial charge in [0, 0.05) is 30.6 Å². The van der Waals surface area contributed by atoms with E-state index in [-0.39, 0.29) is 0 Å². The molecule has 0 aliphatic carbocycles. The van der Waals surface area contributed by atoms with Crippen LogP contribution in [0.2, 0.25) is 0 Å². The third-order valence-electron chi connectivity index (χ3n) is 3.65. The molecule has 0 saturated carbocycles. The van der Waals surface area contributed by atoms with Crippen LogP contribution in [-0.2, 0) is 0 Å². The summed E-state index contributed by atoms with van der Waals surface area (Å²) < 4.78 is 0. The molecule has 0 radical (unpaired) electrons. The lowest BCUT2D eigenvalue weighted by molar-refractivity contribution is 0.505. The molecule has 0 amide bonds. The van der Waals surface area contributed by atoms with Crippen molar-refractivity contribution in [2.45, 2.75) is 31.1 Å². The second-order valence-corrected chi connectivity index (χ2v) is 6.52. The Kier molecular flexibility index (Phi) is 5.39. The molecule has 1 fully saturated rings. The Hall–Kier alpha value is -0.670. The van der Waals surface area contributed by atoms with Crippen molar-refractivity contribution < 1.29 is 0 Å². The van der Waals surface area contributed by atoms with Crippen molar-refractivity contribution in [2.24, 2.45) is 0 Å². The predicted molar refractivity (Wildman–Crippen MR) is 82.7 cm³/mol. The molecule has 0 bridgehead atoms. The molecule has 2 unspecified atom stereocenters. The summed E-state index contributed by atoms with van der Waals surface area (Å²) in [5, 5.41) is 4.48. The van der Waals surface area contributed by atoms with Crippen LogP contribution in [0.5, 0.6) is 0 Å². The minimum absolute atomic E-state index is 0.733. The summed E-state index contributed by atoms with van der Waals surface area (Å²) in [6, 6.07) is 11.3. The van der Waals surface area contributed by atoms with Crippen LogP contribution in [-0.4, -0.2) is 37.2 Å². The molecular formula is C15H24N2S. The second-order valence-electron chi connectivity index (χ2n) is 5.04. The van der Waals surface area contributed by atoms with Gasteiger partial charge in [-0.05, 0) is 37.3 Å². The van der Waals surface area contributed by atoms with Crippen molar-refractivity contribution in [3.63, 3.8) is 0 Å². The van der Waals surface area contributed by atoms with Crippen LogP contribution in [0.15, 0.2) is 30.3 Å². The van der Waals surface area contributed by atoms with Crippen molar-refractivity contribution >= 4 is 17.4 Å². The predicted octanol–water partition coefficient (Wildman–Crippen LogP) is 3.00. The smallest absolute Gasteiger partial charge is 0.0363 e. The number of para-hydroxylation sites is 1. The van der Waals surface area contributed by atoms with E-state index in [2.05, 4.69) is 66.3 Å². The van der Waals surface area contributed by atoms with Crippen LogP contribution >= 0.6 is 11.8 Å². The lowest BCUT2D eigenvalue weighted by Gasteiger charge is -2.21. The molecule has 0 spiro atoms. The third kappa shape index (κ3) is 3.92. The molecule has 2 nitrogen and oxygen atoms in total. The van der Waals surface area contributed by atoms with Gasteiger partial charge in [-0.15, -0.1) is 0 Å². The molecule has 1 aromatic carbocycles. The molecule has 1 aliphatic rings. The van der Waals surface area contributed by atoms with Crippen molar-refractivity contribution in [3.8, 4) is 0 Å². The highest BCUT2D eigenvalue weighted by Gasteiger charge is 2.22. The van der Waals surface area contributed by atoms with Gasteiger partial charge < -0.3 is 10.2 Å². The molecular weight excluding hydrogens is 240 g/mol. The molecule has 1 heterocycles. The van der Waals surface area contributed by atoms with E-state index in [0.29, 0.717) is 0 Å². The Morgan fingerprint density at radius 2 is 2.11 bits per heavy atom. The molecule has 1 aliphatic heterocycles.